The number of aryl methyl sites for hydroxylation is 2. The second-order valence-electron chi connectivity index (χ2n) is 4.19. The number of thiophene rings is 1. The van der Waals surface area contributed by atoms with E-state index in [1.807, 2.05) is 13.8 Å². The first-order valence-electron chi connectivity index (χ1n) is 5.44. The normalized spacial score (nSPS) is 10.8. The summed E-state index contributed by atoms with van der Waals surface area (Å²) in [6.45, 7) is 6.63. The molecule has 0 radical (unpaired) electrons. The first kappa shape index (κ1) is 11.9. The highest BCUT2D eigenvalue weighted by atomic mass is 32.1. The van der Waals surface area contributed by atoms with Crippen LogP contribution in [0.25, 0.3) is 0 Å². The summed E-state index contributed by atoms with van der Waals surface area (Å²) < 4.78 is 2.05. The number of hydrogen-bond donors (Lipinski definition) is 1. The third kappa shape index (κ3) is 2.26. The van der Waals surface area contributed by atoms with Gasteiger partial charge in [-0.1, -0.05) is 0 Å². The van der Waals surface area contributed by atoms with Crippen LogP contribution < -0.4 is 0 Å². The molecule has 2 aromatic heterocycles. The van der Waals surface area contributed by atoms with Gasteiger partial charge in [-0.15, -0.1) is 11.3 Å². The molecule has 4 heteroatoms. The van der Waals surface area contributed by atoms with E-state index in [0.29, 0.717) is 5.56 Å². The zero-order valence-corrected chi connectivity index (χ0v) is 11.0. The summed E-state index contributed by atoms with van der Waals surface area (Å²) in [7, 11) is 0. The van der Waals surface area contributed by atoms with E-state index < -0.39 is 5.97 Å². The Kier molecular flexibility index (Phi) is 3.07. The molecule has 0 unspecified atom stereocenters. The fourth-order valence-electron chi connectivity index (χ4n) is 1.99. The van der Waals surface area contributed by atoms with Gasteiger partial charge in [0.15, 0.2) is 0 Å². The quantitative estimate of drug-likeness (QED) is 0.907. The molecule has 0 fully saturated rings. The molecule has 0 amide bonds. The van der Waals surface area contributed by atoms with Crippen LogP contribution in [0.5, 0.6) is 0 Å². The van der Waals surface area contributed by atoms with Gasteiger partial charge in [-0.05, 0) is 39.0 Å². The largest absolute Gasteiger partial charge is 0.478 e. The molecule has 0 spiro atoms. The Balaban J connectivity index is 2.36. The summed E-state index contributed by atoms with van der Waals surface area (Å²) in [6.07, 6.45) is 0. The third-order valence-electron chi connectivity index (χ3n) is 2.91. The third-order valence-corrected chi connectivity index (χ3v) is 3.90. The van der Waals surface area contributed by atoms with E-state index in [2.05, 4.69) is 23.6 Å². The smallest absolute Gasteiger partial charge is 0.337 e. The number of aromatic carboxylic acids is 1. The fraction of sp³-hybridized carbons (Fsp3) is 0.308. The van der Waals surface area contributed by atoms with Gasteiger partial charge in [0.2, 0.25) is 0 Å². The molecule has 17 heavy (non-hydrogen) atoms. The van der Waals surface area contributed by atoms with Crippen molar-refractivity contribution in [2.24, 2.45) is 0 Å². The molecular formula is C13H15NO2S. The maximum atomic E-state index is 11.0. The van der Waals surface area contributed by atoms with Crippen LogP contribution in [0.15, 0.2) is 18.2 Å². The Morgan fingerprint density at radius 1 is 1.35 bits per heavy atom. The lowest BCUT2D eigenvalue weighted by atomic mass is 10.2. The molecule has 90 valence electrons. The van der Waals surface area contributed by atoms with Crippen molar-refractivity contribution in [3.63, 3.8) is 0 Å². The lowest BCUT2D eigenvalue weighted by Gasteiger charge is -2.07. The van der Waals surface area contributed by atoms with Crippen LogP contribution in [-0.4, -0.2) is 15.6 Å². The molecule has 0 bridgehead atoms. The molecule has 0 aromatic carbocycles. The number of carboxylic acid groups (broad SMARTS) is 1. The topological polar surface area (TPSA) is 42.2 Å². The highest BCUT2D eigenvalue weighted by Crippen LogP contribution is 2.21. The van der Waals surface area contributed by atoms with Gasteiger partial charge >= 0.3 is 5.97 Å². The van der Waals surface area contributed by atoms with Gasteiger partial charge in [-0.3, -0.25) is 0 Å². The molecular weight excluding hydrogens is 234 g/mol. The maximum Gasteiger partial charge on any atom is 0.337 e. The molecule has 0 saturated carbocycles. The van der Waals surface area contributed by atoms with Crippen LogP contribution in [0.1, 0.15) is 31.5 Å². The SMILES string of the molecule is Cc1ccc(Cn2c(C)cc(C(=O)O)c2C)s1. The van der Waals surface area contributed by atoms with Crippen molar-refractivity contribution < 1.29 is 9.90 Å². The molecule has 1 N–H and O–H groups in total. The first-order valence-corrected chi connectivity index (χ1v) is 6.26. The number of aromatic nitrogens is 1. The minimum Gasteiger partial charge on any atom is -0.478 e. The van der Waals surface area contributed by atoms with Crippen LogP contribution in [0.2, 0.25) is 0 Å². The average molecular weight is 249 g/mol. The van der Waals surface area contributed by atoms with Gasteiger partial charge in [0.25, 0.3) is 0 Å². The molecule has 2 aromatic rings. The van der Waals surface area contributed by atoms with Gasteiger partial charge in [-0.2, -0.15) is 0 Å². The molecule has 0 aliphatic carbocycles. The van der Waals surface area contributed by atoms with Crippen molar-refractivity contribution in [3.05, 3.63) is 44.9 Å². The number of carbonyl (C=O) groups is 1. The minimum atomic E-state index is -0.855. The molecule has 2 rings (SSSR count). The average Bonchev–Trinajstić information content (AvgIpc) is 2.77. The number of hydrogen-bond acceptors (Lipinski definition) is 2. The summed E-state index contributed by atoms with van der Waals surface area (Å²) in [5.41, 5.74) is 2.21. The Bertz CT molecular complexity index is 566. The van der Waals surface area contributed by atoms with Crippen molar-refractivity contribution in [3.8, 4) is 0 Å². The molecule has 2 heterocycles. The van der Waals surface area contributed by atoms with E-state index in [4.69, 9.17) is 5.11 Å². The second kappa shape index (κ2) is 4.37. The van der Waals surface area contributed by atoms with Crippen molar-refractivity contribution >= 4 is 17.3 Å². The van der Waals surface area contributed by atoms with Crippen LogP contribution >= 0.6 is 11.3 Å². The lowest BCUT2D eigenvalue weighted by molar-refractivity contribution is 0.0696. The molecule has 0 atom stereocenters. The number of carboxylic acids is 1. The molecule has 3 nitrogen and oxygen atoms in total. The van der Waals surface area contributed by atoms with Gasteiger partial charge in [-0.25, -0.2) is 4.79 Å². The standard InChI is InChI=1S/C13H15NO2S/c1-8-6-12(13(15)16)10(3)14(8)7-11-5-4-9(2)17-11/h4-6H,7H2,1-3H3,(H,15,16). The molecule has 0 saturated heterocycles. The fourth-order valence-corrected chi connectivity index (χ4v) is 2.87. The van der Waals surface area contributed by atoms with Gasteiger partial charge < -0.3 is 9.67 Å². The van der Waals surface area contributed by atoms with Crippen molar-refractivity contribution in [2.45, 2.75) is 27.3 Å². The molecule has 0 aliphatic heterocycles. The van der Waals surface area contributed by atoms with E-state index in [9.17, 15) is 4.79 Å². The minimum absolute atomic E-state index is 0.399. The highest BCUT2D eigenvalue weighted by molar-refractivity contribution is 7.11. The van der Waals surface area contributed by atoms with E-state index in [1.54, 1.807) is 17.4 Å². The van der Waals surface area contributed by atoms with E-state index in [-0.39, 0.29) is 0 Å². The van der Waals surface area contributed by atoms with Gasteiger partial charge in [0, 0.05) is 21.1 Å². The second-order valence-corrected chi connectivity index (χ2v) is 5.56. The van der Waals surface area contributed by atoms with Crippen molar-refractivity contribution in [1.82, 2.24) is 4.57 Å². The Morgan fingerprint density at radius 2 is 2.06 bits per heavy atom. The van der Waals surface area contributed by atoms with Crippen molar-refractivity contribution in [2.75, 3.05) is 0 Å². The van der Waals surface area contributed by atoms with Crippen LogP contribution in [0.4, 0.5) is 0 Å². The maximum absolute atomic E-state index is 11.0. The summed E-state index contributed by atoms with van der Waals surface area (Å²) in [5, 5.41) is 9.06. The predicted octanol–water partition coefficient (Wildman–Crippen LogP) is 3.22. The summed E-state index contributed by atoms with van der Waals surface area (Å²) in [6, 6.07) is 5.92. The Hall–Kier alpha value is -1.55. The summed E-state index contributed by atoms with van der Waals surface area (Å²) >= 11 is 1.75. The van der Waals surface area contributed by atoms with Gasteiger partial charge in [0.1, 0.15) is 0 Å². The zero-order chi connectivity index (χ0) is 12.6. The van der Waals surface area contributed by atoms with Crippen LogP contribution in [0.3, 0.4) is 0 Å². The van der Waals surface area contributed by atoms with Crippen LogP contribution in [-0.2, 0) is 6.54 Å². The predicted molar refractivity (Wildman–Crippen MR) is 69.0 cm³/mol. The Morgan fingerprint density at radius 3 is 2.53 bits per heavy atom. The van der Waals surface area contributed by atoms with Crippen molar-refractivity contribution in [1.29, 1.82) is 0 Å². The van der Waals surface area contributed by atoms with E-state index in [0.717, 1.165) is 17.9 Å². The Labute approximate surface area is 104 Å². The lowest BCUT2D eigenvalue weighted by Crippen LogP contribution is -2.04. The number of nitrogens with zero attached hydrogens (tertiary/aromatic N) is 1. The summed E-state index contributed by atoms with van der Waals surface area (Å²) in [4.78, 5) is 13.6. The first-order chi connectivity index (χ1) is 7.99. The summed E-state index contributed by atoms with van der Waals surface area (Å²) in [5.74, 6) is -0.855. The van der Waals surface area contributed by atoms with Gasteiger partial charge in [0.05, 0.1) is 12.1 Å². The highest BCUT2D eigenvalue weighted by Gasteiger charge is 2.14. The number of rotatable bonds is 3. The monoisotopic (exact) mass is 249 g/mol. The zero-order valence-electron chi connectivity index (χ0n) is 10.2. The molecule has 0 aliphatic rings. The van der Waals surface area contributed by atoms with E-state index >= 15 is 0 Å². The van der Waals surface area contributed by atoms with Crippen LogP contribution in [0, 0.1) is 20.8 Å². The van der Waals surface area contributed by atoms with E-state index in [1.165, 1.54) is 9.75 Å².